The van der Waals surface area contributed by atoms with Gasteiger partial charge in [-0.1, -0.05) is 30.3 Å². The third kappa shape index (κ3) is 3.83. The van der Waals surface area contributed by atoms with E-state index in [1.807, 2.05) is 42.5 Å². The van der Waals surface area contributed by atoms with Gasteiger partial charge in [-0.25, -0.2) is 0 Å². The summed E-state index contributed by atoms with van der Waals surface area (Å²) in [5.74, 6) is 0.407. The normalized spacial score (nSPS) is 19.2. The summed E-state index contributed by atoms with van der Waals surface area (Å²) in [5.41, 5.74) is 2.17. The number of nitrogens with one attached hydrogen (secondary N) is 1. The van der Waals surface area contributed by atoms with Crippen LogP contribution in [-0.4, -0.2) is 48.1 Å². The molecule has 5 nitrogen and oxygen atoms in total. The highest BCUT2D eigenvalue weighted by atomic mass is 16.3. The monoisotopic (exact) mass is 351 g/mol. The van der Waals surface area contributed by atoms with E-state index in [1.54, 1.807) is 12.1 Å². The van der Waals surface area contributed by atoms with E-state index in [0.29, 0.717) is 6.04 Å². The van der Waals surface area contributed by atoms with Gasteiger partial charge in [0.05, 0.1) is 0 Å². The lowest BCUT2D eigenvalue weighted by atomic mass is 10.0. The Balaban J connectivity index is 1.46. The molecule has 136 valence electrons. The molecule has 1 saturated heterocycles. The van der Waals surface area contributed by atoms with Gasteiger partial charge < -0.3 is 15.3 Å². The van der Waals surface area contributed by atoms with Gasteiger partial charge in [0.2, 0.25) is 5.91 Å². The molecule has 2 aromatic carbocycles. The molecule has 0 unspecified atom stereocenters. The van der Waals surface area contributed by atoms with Crippen molar-refractivity contribution in [3.05, 3.63) is 60.2 Å². The van der Waals surface area contributed by atoms with Crippen LogP contribution in [-0.2, 0) is 4.79 Å². The summed E-state index contributed by atoms with van der Waals surface area (Å²) in [6.45, 7) is 3.40. The van der Waals surface area contributed by atoms with E-state index in [2.05, 4.69) is 15.1 Å². The van der Waals surface area contributed by atoms with Gasteiger partial charge in [0, 0.05) is 37.9 Å². The van der Waals surface area contributed by atoms with Crippen LogP contribution < -0.4 is 10.2 Å². The number of rotatable bonds is 5. The van der Waals surface area contributed by atoms with Gasteiger partial charge in [0.25, 0.3) is 0 Å². The first kappa shape index (κ1) is 16.9. The van der Waals surface area contributed by atoms with Gasteiger partial charge in [-0.15, -0.1) is 0 Å². The minimum absolute atomic E-state index is 0.122. The molecule has 2 aliphatic rings. The molecule has 2 fully saturated rings. The van der Waals surface area contributed by atoms with Crippen molar-refractivity contribution in [1.29, 1.82) is 0 Å². The second-order valence-electron chi connectivity index (χ2n) is 7.14. The van der Waals surface area contributed by atoms with E-state index in [-0.39, 0.29) is 17.7 Å². The summed E-state index contributed by atoms with van der Waals surface area (Å²) in [6.07, 6.45) is 2.20. The SMILES string of the molecule is O=C(NC1CC1)[C@@H](c1ccccc1)N1CCN(c2ccc(O)cc2)CC1. The van der Waals surface area contributed by atoms with Crippen molar-refractivity contribution in [3.63, 3.8) is 0 Å². The molecule has 2 aromatic rings. The molecule has 26 heavy (non-hydrogen) atoms. The summed E-state index contributed by atoms with van der Waals surface area (Å²) in [7, 11) is 0. The molecule has 1 amide bonds. The van der Waals surface area contributed by atoms with Crippen LogP contribution in [0.1, 0.15) is 24.4 Å². The fraction of sp³-hybridized carbons (Fsp3) is 0.381. The number of hydrogen-bond donors (Lipinski definition) is 2. The molecule has 0 bridgehead atoms. The van der Waals surface area contributed by atoms with Crippen LogP contribution in [0.4, 0.5) is 5.69 Å². The number of phenols is 1. The second kappa shape index (κ2) is 7.38. The first-order valence-corrected chi connectivity index (χ1v) is 9.34. The maximum Gasteiger partial charge on any atom is 0.242 e. The van der Waals surface area contributed by atoms with Crippen molar-refractivity contribution >= 4 is 11.6 Å². The second-order valence-corrected chi connectivity index (χ2v) is 7.14. The number of carbonyl (C=O) groups is 1. The van der Waals surface area contributed by atoms with Crippen molar-refractivity contribution in [2.75, 3.05) is 31.1 Å². The standard InChI is InChI=1S/C21H25N3O2/c25-19-10-8-18(9-11-19)23-12-14-24(15-13-23)20(16-4-2-1-3-5-16)21(26)22-17-6-7-17/h1-5,8-11,17,20,25H,6-7,12-15H2,(H,22,26)/t20-/m1/s1. The molecule has 4 rings (SSSR count). The van der Waals surface area contributed by atoms with Gasteiger partial charge in [-0.05, 0) is 42.7 Å². The van der Waals surface area contributed by atoms with Crippen molar-refractivity contribution in [2.45, 2.75) is 24.9 Å². The van der Waals surface area contributed by atoms with Crippen molar-refractivity contribution < 1.29 is 9.90 Å². The largest absolute Gasteiger partial charge is 0.508 e. The Kier molecular flexibility index (Phi) is 4.80. The lowest BCUT2D eigenvalue weighted by molar-refractivity contribution is -0.127. The summed E-state index contributed by atoms with van der Waals surface area (Å²) >= 11 is 0. The first-order chi connectivity index (χ1) is 12.7. The quantitative estimate of drug-likeness (QED) is 0.869. The number of benzene rings is 2. The minimum atomic E-state index is -0.223. The van der Waals surface area contributed by atoms with Crippen LogP contribution in [0.3, 0.4) is 0 Å². The Hall–Kier alpha value is -2.53. The van der Waals surface area contributed by atoms with E-state index >= 15 is 0 Å². The zero-order valence-electron chi connectivity index (χ0n) is 14.8. The highest BCUT2D eigenvalue weighted by Crippen LogP contribution is 2.27. The van der Waals surface area contributed by atoms with E-state index in [9.17, 15) is 9.90 Å². The Morgan fingerprint density at radius 2 is 1.62 bits per heavy atom. The number of hydrogen-bond acceptors (Lipinski definition) is 4. The molecule has 0 radical (unpaired) electrons. The van der Waals surface area contributed by atoms with Gasteiger partial charge in [0.1, 0.15) is 11.8 Å². The zero-order chi connectivity index (χ0) is 17.9. The number of amides is 1. The third-order valence-electron chi connectivity index (χ3n) is 5.18. The average Bonchev–Trinajstić information content (AvgIpc) is 3.48. The van der Waals surface area contributed by atoms with Crippen LogP contribution in [0.2, 0.25) is 0 Å². The Morgan fingerprint density at radius 3 is 2.23 bits per heavy atom. The molecular weight excluding hydrogens is 326 g/mol. The maximum absolute atomic E-state index is 12.9. The predicted molar refractivity (Wildman–Crippen MR) is 102 cm³/mol. The van der Waals surface area contributed by atoms with E-state index < -0.39 is 0 Å². The number of carbonyl (C=O) groups excluding carboxylic acids is 1. The highest BCUT2D eigenvalue weighted by molar-refractivity contribution is 5.83. The van der Waals surface area contributed by atoms with Crippen molar-refractivity contribution in [1.82, 2.24) is 10.2 Å². The van der Waals surface area contributed by atoms with E-state index in [1.165, 1.54) is 0 Å². The molecule has 1 saturated carbocycles. The predicted octanol–water partition coefficient (Wildman–Crippen LogP) is 2.53. The van der Waals surface area contributed by atoms with Crippen LogP contribution in [0, 0.1) is 0 Å². The number of anilines is 1. The number of piperazine rings is 1. The van der Waals surface area contributed by atoms with Crippen molar-refractivity contribution in [3.8, 4) is 5.75 Å². The van der Waals surface area contributed by atoms with Crippen LogP contribution in [0.25, 0.3) is 0 Å². The number of nitrogens with zero attached hydrogens (tertiary/aromatic N) is 2. The molecule has 1 atom stereocenters. The Labute approximate surface area is 154 Å². The van der Waals surface area contributed by atoms with Gasteiger partial charge in [0.15, 0.2) is 0 Å². The van der Waals surface area contributed by atoms with Crippen LogP contribution in [0.5, 0.6) is 5.75 Å². The molecule has 0 spiro atoms. The van der Waals surface area contributed by atoms with Crippen LogP contribution >= 0.6 is 0 Å². The number of aromatic hydroxyl groups is 1. The van der Waals surface area contributed by atoms with Gasteiger partial charge >= 0.3 is 0 Å². The maximum atomic E-state index is 12.9. The van der Waals surface area contributed by atoms with Gasteiger partial charge in [-0.3, -0.25) is 9.69 Å². The minimum Gasteiger partial charge on any atom is -0.508 e. The van der Waals surface area contributed by atoms with Crippen molar-refractivity contribution in [2.24, 2.45) is 0 Å². The fourth-order valence-electron chi connectivity index (χ4n) is 3.57. The highest BCUT2D eigenvalue weighted by Gasteiger charge is 2.33. The number of phenolic OH excluding ortho intramolecular Hbond substituents is 1. The summed E-state index contributed by atoms with van der Waals surface area (Å²) < 4.78 is 0. The topological polar surface area (TPSA) is 55.8 Å². The van der Waals surface area contributed by atoms with Gasteiger partial charge in [-0.2, -0.15) is 0 Å². The fourth-order valence-corrected chi connectivity index (χ4v) is 3.57. The molecule has 0 aromatic heterocycles. The molecular formula is C21H25N3O2. The Bertz CT molecular complexity index is 736. The molecule has 5 heteroatoms. The van der Waals surface area contributed by atoms with E-state index in [4.69, 9.17) is 0 Å². The summed E-state index contributed by atoms with van der Waals surface area (Å²) in [4.78, 5) is 17.5. The molecule has 1 aliphatic heterocycles. The Morgan fingerprint density at radius 1 is 0.962 bits per heavy atom. The third-order valence-corrected chi connectivity index (χ3v) is 5.18. The lowest BCUT2D eigenvalue weighted by Gasteiger charge is -2.39. The summed E-state index contributed by atoms with van der Waals surface area (Å²) in [5, 5.41) is 12.6. The zero-order valence-corrected chi connectivity index (χ0v) is 14.8. The molecule has 1 aliphatic carbocycles. The first-order valence-electron chi connectivity index (χ1n) is 9.34. The summed E-state index contributed by atoms with van der Waals surface area (Å²) in [6, 6.07) is 17.5. The smallest absolute Gasteiger partial charge is 0.242 e. The van der Waals surface area contributed by atoms with Crippen LogP contribution in [0.15, 0.2) is 54.6 Å². The lowest BCUT2D eigenvalue weighted by Crippen LogP contribution is -2.51. The molecule has 2 N–H and O–H groups in total. The van der Waals surface area contributed by atoms with E-state index in [0.717, 1.165) is 50.3 Å². The average molecular weight is 351 g/mol. The molecule has 1 heterocycles.